The molecule has 1 heterocycles. The van der Waals surface area contributed by atoms with Gasteiger partial charge in [-0.3, -0.25) is 0 Å². The summed E-state index contributed by atoms with van der Waals surface area (Å²) in [5.74, 6) is 0. The smallest absolute Gasteiger partial charge is 0.407 e. The van der Waals surface area contributed by atoms with Crippen molar-refractivity contribution in [2.24, 2.45) is 0 Å². The molecule has 2 aliphatic rings. The molecule has 1 aromatic rings. The highest BCUT2D eigenvalue weighted by Gasteiger charge is 2.29. The van der Waals surface area contributed by atoms with Gasteiger partial charge in [-0.25, -0.2) is 4.79 Å². The molecule has 1 aromatic carbocycles. The summed E-state index contributed by atoms with van der Waals surface area (Å²) in [5.41, 5.74) is 2.60. The minimum atomic E-state index is -0.330. The van der Waals surface area contributed by atoms with Crippen LogP contribution in [0.2, 0.25) is 0 Å². The van der Waals surface area contributed by atoms with Crippen molar-refractivity contribution in [3.05, 3.63) is 47.5 Å². The fourth-order valence-electron chi connectivity index (χ4n) is 3.23. The topological polar surface area (TPSA) is 47.6 Å². The Balaban J connectivity index is 1.36. The first-order chi connectivity index (χ1) is 11.3. The fourth-order valence-corrected chi connectivity index (χ4v) is 3.23. The van der Waals surface area contributed by atoms with E-state index in [2.05, 4.69) is 11.4 Å². The molecule has 0 spiro atoms. The van der Waals surface area contributed by atoms with E-state index in [9.17, 15) is 4.79 Å². The molecule has 1 N–H and O–H groups in total. The van der Waals surface area contributed by atoms with E-state index in [4.69, 9.17) is 9.47 Å². The van der Waals surface area contributed by atoms with Crippen LogP contribution >= 0.6 is 0 Å². The maximum Gasteiger partial charge on any atom is 0.407 e. The second-order valence-corrected chi connectivity index (χ2v) is 6.28. The van der Waals surface area contributed by atoms with Gasteiger partial charge in [0.1, 0.15) is 6.10 Å². The quantitative estimate of drug-likeness (QED) is 0.831. The van der Waals surface area contributed by atoms with Crippen LogP contribution in [0.25, 0.3) is 0 Å². The van der Waals surface area contributed by atoms with Crippen LogP contribution in [-0.4, -0.2) is 25.3 Å². The lowest BCUT2D eigenvalue weighted by molar-refractivity contribution is 0.0701. The number of nitrogens with one attached hydrogen (secondary N) is 1. The van der Waals surface area contributed by atoms with Gasteiger partial charge in [-0.2, -0.15) is 0 Å². The predicted octanol–water partition coefficient (Wildman–Crippen LogP) is 4.13. The maximum atomic E-state index is 11.9. The maximum absolute atomic E-state index is 11.9. The zero-order valence-electron chi connectivity index (χ0n) is 13.5. The monoisotopic (exact) mass is 315 g/mol. The zero-order chi connectivity index (χ0) is 15.9. The number of hydrogen-bond donors (Lipinski definition) is 1. The number of carbonyl (C=O) groups is 1. The van der Waals surface area contributed by atoms with E-state index in [-0.39, 0.29) is 18.3 Å². The van der Waals surface area contributed by atoms with E-state index < -0.39 is 0 Å². The Morgan fingerprint density at radius 3 is 2.91 bits per heavy atom. The van der Waals surface area contributed by atoms with Gasteiger partial charge < -0.3 is 14.8 Å². The second-order valence-electron chi connectivity index (χ2n) is 6.28. The van der Waals surface area contributed by atoms with Gasteiger partial charge in [-0.05, 0) is 37.7 Å². The molecule has 4 nitrogen and oxygen atoms in total. The molecule has 23 heavy (non-hydrogen) atoms. The van der Waals surface area contributed by atoms with Crippen LogP contribution in [0.1, 0.15) is 50.2 Å². The number of rotatable bonds is 5. The Hall–Kier alpha value is -1.81. The van der Waals surface area contributed by atoms with Crippen molar-refractivity contribution in [3.63, 3.8) is 0 Å². The number of alkyl carbamates (subject to hydrolysis) is 1. The molecule has 1 saturated heterocycles. The molecular formula is C19H25NO3. The highest BCUT2D eigenvalue weighted by atomic mass is 16.6. The summed E-state index contributed by atoms with van der Waals surface area (Å²) in [6.45, 7) is 1.12. The molecule has 1 aliphatic carbocycles. The van der Waals surface area contributed by atoms with Crippen molar-refractivity contribution in [2.45, 2.75) is 50.7 Å². The Labute approximate surface area is 137 Å². The van der Waals surface area contributed by atoms with E-state index >= 15 is 0 Å². The van der Waals surface area contributed by atoms with Gasteiger partial charge in [0.15, 0.2) is 0 Å². The molecule has 1 amide bonds. The van der Waals surface area contributed by atoms with Crippen LogP contribution in [0.3, 0.4) is 0 Å². The standard InChI is InChI=1S/C19H25NO3/c21-19(20-12-11-15-7-3-1-4-8-15)23-17-13-18(22-14-17)16-9-5-2-6-10-16/h2,5-7,9-10,17-18H,1,3-4,8,11-14H2,(H,20,21). The van der Waals surface area contributed by atoms with Crippen LogP contribution in [0.5, 0.6) is 0 Å². The van der Waals surface area contributed by atoms with E-state index in [1.54, 1.807) is 0 Å². The summed E-state index contributed by atoms with van der Waals surface area (Å²) in [5, 5.41) is 2.85. The molecule has 124 valence electrons. The Morgan fingerprint density at radius 1 is 1.26 bits per heavy atom. The van der Waals surface area contributed by atoms with Gasteiger partial charge in [0.2, 0.25) is 0 Å². The highest BCUT2D eigenvalue weighted by molar-refractivity contribution is 5.67. The minimum Gasteiger partial charge on any atom is -0.444 e. The molecule has 3 rings (SSSR count). The lowest BCUT2D eigenvalue weighted by Crippen LogP contribution is -2.30. The predicted molar refractivity (Wildman–Crippen MR) is 89.2 cm³/mol. The summed E-state index contributed by atoms with van der Waals surface area (Å²) in [7, 11) is 0. The van der Waals surface area contributed by atoms with Crippen LogP contribution in [-0.2, 0) is 9.47 Å². The number of allylic oxidation sites excluding steroid dienone is 1. The molecular weight excluding hydrogens is 290 g/mol. The van der Waals surface area contributed by atoms with Crippen LogP contribution < -0.4 is 5.32 Å². The Kier molecular flexibility index (Phi) is 5.70. The molecule has 0 saturated carbocycles. The summed E-state index contributed by atoms with van der Waals surface area (Å²) in [4.78, 5) is 11.9. The van der Waals surface area contributed by atoms with Crippen LogP contribution in [0, 0.1) is 0 Å². The summed E-state index contributed by atoms with van der Waals surface area (Å²) >= 11 is 0. The van der Waals surface area contributed by atoms with E-state index in [1.165, 1.54) is 31.3 Å². The fraction of sp³-hybridized carbons (Fsp3) is 0.526. The van der Waals surface area contributed by atoms with E-state index in [1.807, 2.05) is 30.3 Å². The van der Waals surface area contributed by atoms with Gasteiger partial charge in [0.25, 0.3) is 0 Å². The second kappa shape index (κ2) is 8.16. The van der Waals surface area contributed by atoms with E-state index in [0.29, 0.717) is 13.2 Å². The van der Waals surface area contributed by atoms with Gasteiger partial charge >= 0.3 is 6.09 Å². The first-order valence-corrected chi connectivity index (χ1v) is 8.60. The lowest BCUT2D eigenvalue weighted by atomic mass is 9.97. The van der Waals surface area contributed by atoms with Crippen molar-refractivity contribution >= 4 is 6.09 Å². The SMILES string of the molecule is O=C(NCCC1=CCCCC1)OC1COC(c2ccccc2)C1. The summed E-state index contributed by atoms with van der Waals surface area (Å²) in [6, 6.07) is 10.1. The summed E-state index contributed by atoms with van der Waals surface area (Å²) in [6.07, 6.45) is 8.43. The molecule has 0 bridgehead atoms. The highest BCUT2D eigenvalue weighted by Crippen LogP contribution is 2.30. The van der Waals surface area contributed by atoms with Crippen molar-refractivity contribution in [1.82, 2.24) is 5.32 Å². The number of amides is 1. The lowest BCUT2D eigenvalue weighted by Gasteiger charge is -2.14. The number of benzene rings is 1. The number of ether oxygens (including phenoxy) is 2. The molecule has 2 atom stereocenters. The normalized spacial score (nSPS) is 24.1. The molecule has 1 aliphatic heterocycles. The average molecular weight is 315 g/mol. The Bertz CT molecular complexity index is 541. The minimum absolute atomic E-state index is 0.0291. The van der Waals surface area contributed by atoms with Gasteiger partial charge in [-0.1, -0.05) is 42.0 Å². The van der Waals surface area contributed by atoms with E-state index in [0.717, 1.165) is 18.4 Å². The first-order valence-electron chi connectivity index (χ1n) is 8.60. The zero-order valence-corrected chi connectivity index (χ0v) is 13.5. The van der Waals surface area contributed by atoms with Crippen LogP contribution in [0.15, 0.2) is 42.0 Å². The number of hydrogen-bond acceptors (Lipinski definition) is 3. The van der Waals surface area contributed by atoms with Crippen LogP contribution in [0.4, 0.5) is 4.79 Å². The third-order valence-corrected chi connectivity index (χ3v) is 4.51. The largest absolute Gasteiger partial charge is 0.444 e. The molecule has 2 unspecified atom stereocenters. The molecule has 0 radical (unpaired) electrons. The first kappa shape index (κ1) is 16.1. The van der Waals surface area contributed by atoms with Crippen molar-refractivity contribution in [3.8, 4) is 0 Å². The molecule has 1 fully saturated rings. The van der Waals surface area contributed by atoms with Crippen molar-refractivity contribution in [1.29, 1.82) is 0 Å². The van der Waals surface area contributed by atoms with Crippen molar-refractivity contribution < 1.29 is 14.3 Å². The third kappa shape index (κ3) is 4.83. The Morgan fingerprint density at radius 2 is 2.13 bits per heavy atom. The average Bonchev–Trinajstić information content (AvgIpc) is 3.05. The van der Waals surface area contributed by atoms with Gasteiger partial charge in [0, 0.05) is 13.0 Å². The number of carbonyl (C=O) groups excluding carboxylic acids is 1. The third-order valence-electron chi connectivity index (χ3n) is 4.51. The summed E-state index contributed by atoms with van der Waals surface area (Å²) < 4.78 is 11.2. The van der Waals surface area contributed by atoms with Gasteiger partial charge in [-0.15, -0.1) is 0 Å². The molecule has 4 heteroatoms. The molecule has 0 aromatic heterocycles. The van der Waals surface area contributed by atoms with Crippen molar-refractivity contribution in [2.75, 3.05) is 13.2 Å². The van der Waals surface area contributed by atoms with Gasteiger partial charge in [0.05, 0.1) is 12.7 Å².